The molecule has 8 nitrogen and oxygen atoms in total. The molecule has 31 heavy (non-hydrogen) atoms. The van der Waals surface area contributed by atoms with Crippen LogP contribution in [-0.2, 0) is 20.9 Å². The molecular weight excluding hydrogens is 442 g/mol. The SMILES string of the molecule is COCc1nc(C(=O)OCC(=O)N2N=C(c3ccc(Cl)cc3)CC2c2ccco2)cs1. The lowest BCUT2D eigenvalue weighted by atomic mass is 10.0. The molecule has 4 rings (SSSR count). The van der Waals surface area contributed by atoms with E-state index in [0.29, 0.717) is 34.5 Å². The Labute approximate surface area is 187 Å². The summed E-state index contributed by atoms with van der Waals surface area (Å²) in [6.45, 7) is -0.164. The number of benzene rings is 1. The van der Waals surface area contributed by atoms with E-state index in [1.807, 2.05) is 12.1 Å². The standard InChI is InChI=1S/C21H18ClN3O5S/c1-28-10-19-23-16(12-31-19)21(27)30-11-20(26)25-17(18-3-2-8-29-18)9-15(24-25)13-4-6-14(22)7-5-13/h2-8,12,17H,9-11H2,1H3. The lowest BCUT2D eigenvalue weighted by Gasteiger charge is -2.19. The zero-order valence-electron chi connectivity index (χ0n) is 16.5. The van der Waals surface area contributed by atoms with Gasteiger partial charge in [-0.3, -0.25) is 4.79 Å². The van der Waals surface area contributed by atoms with Crippen molar-refractivity contribution in [3.05, 3.63) is 75.1 Å². The van der Waals surface area contributed by atoms with Crippen LogP contribution in [0.5, 0.6) is 0 Å². The zero-order chi connectivity index (χ0) is 21.8. The number of carbonyl (C=O) groups is 2. The highest BCUT2D eigenvalue weighted by Crippen LogP contribution is 2.33. The van der Waals surface area contributed by atoms with Gasteiger partial charge in [0.25, 0.3) is 5.91 Å². The van der Waals surface area contributed by atoms with Gasteiger partial charge in [-0.05, 0) is 29.8 Å². The maximum Gasteiger partial charge on any atom is 0.358 e. The molecule has 1 aliphatic rings. The Morgan fingerprint density at radius 2 is 2.10 bits per heavy atom. The Balaban J connectivity index is 1.47. The second-order valence-corrected chi connectivity index (χ2v) is 8.04. The molecule has 0 aliphatic carbocycles. The van der Waals surface area contributed by atoms with Crippen molar-refractivity contribution >= 4 is 40.5 Å². The lowest BCUT2D eigenvalue weighted by Crippen LogP contribution is -2.31. The van der Waals surface area contributed by atoms with E-state index in [0.717, 1.165) is 5.56 Å². The molecule has 1 atom stereocenters. The maximum absolute atomic E-state index is 12.9. The van der Waals surface area contributed by atoms with Crippen molar-refractivity contribution < 1.29 is 23.5 Å². The average Bonchev–Trinajstić information content (AvgIpc) is 3.52. The van der Waals surface area contributed by atoms with Crippen LogP contribution in [0.1, 0.15) is 39.3 Å². The molecule has 1 amide bonds. The summed E-state index contributed by atoms with van der Waals surface area (Å²) in [5, 5.41) is 8.61. The number of esters is 1. The third kappa shape index (κ3) is 4.84. The van der Waals surface area contributed by atoms with Crippen LogP contribution in [0.4, 0.5) is 0 Å². The molecule has 0 spiro atoms. The van der Waals surface area contributed by atoms with E-state index in [-0.39, 0.29) is 5.69 Å². The summed E-state index contributed by atoms with van der Waals surface area (Å²) in [6, 6.07) is 10.3. The van der Waals surface area contributed by atoms with Crippen LogP contribution in [0.3, 0.4) is 0 Å². The Morgan fingerprint density at radius 1 is 1.29 bits per heavy atom. The number of hydrogen-bond donors (Lipinski definition) is 0. The van der Waals surface area contributed by atoms with Gasteiger partial charge in [0, 0.05) is 23.9 Å². The van der Waals surface area contributed by atoms with Gasteiger partial charge in [-0.25, -0.2) is 14.8 Å². The highest BCUT2D eigenvalue weighted by Gasteiger charge is 2.35. The number of hydrazone groups is 1. The number of thiazole rings is 1. The first-order valence-electron chi connectivity index (χ1n) is 9.34. The first-order chi connectivity index (χ1) is 15.0. The minimum absolute atomic E-state index is 0.138. The summed E-state index contributed by atoms with van der Waals surface area (Å²) in [7, 11) is 1.54. The highest BCUT2D eigenvalue weighted by atomic mass is 35.5. The predicted octanol–water partition coefficient (Wildman–Crippen LogP) is 4.07. The summed E-state index contributed by atoms with van der Waals surface area (Å²) in [4.78, 5) is 29.3. The molecule has 3 heterocycles. The van der Waals surface area contributed by atoms with E-state index in [1.54, 1.807) is 36.8 Å². The fourth-order valence-electron chi connectivity index (χ4n) is 3.12. The van der Waals surface area contributed by atoms with Crippen molar-refractivity contribution in [1.29, 1.82) is 0 Å². The number of ether oxygens (including phenoxy) is 2. The topological polar surface area (TPSA) is 94.2 Å². The lowest BCUT2D eigenvalue weighted by molar-refractivity contribution is -0.136. The van der Waals surface area contributed by atoms with Crippen LogP contribution < -0.4 is 0 Å². The van der Waals surface area contributed by atoms with Gasteiger partial charge in [-0.15, -0.1) is 11.3 Å². The number of hydrogen-bond acceptors (Lipinski definition) is 8. The number of aromatic nitrogens is 1. The summed E-state index contributed by atoms with van der Waals surface area (Å²) in [6.07, 6.45) is 2.00. The number of carbonyl (C=O) groups excluding carboxylic acids is 2. The number of amides is 1. The molecule has 0 fully saturated rings. The number of furan rings is 1. The Morgan fingerprint density at radius 3 is 2.81 bits per heavy atom. The Bertz CT molecular complexity index is 1090. The van der Waals surface area contributed by atoms with Crippen LogP contribution in [0.15, 0.2) is 57.6 Å². The molecule has 160 valence electrons. The van der Waals surface area contributed by atoms with Crippen LogP contribution >= 0.6 is 22.9 Å². The van der Waals surface area contributed by atoms with Crippen molar-refractivity contribution in [3.63, 3.8) is 0 Å². The number of halogens is 1. The molecule has 1 aromatic carbocycles. The zero-order valence-corrected chi connectivity index (χ0v) is 18.1. The van der Waals surface area contributed by atoms with Gasteiger partial charge in [-0.2, -0.15) is 5.10 Å². The van der Waals surface area contributed by atoms with E-state index in [9.17, 15) is 9.59 Å². The van der Waals surface area contributed by atoms with Crippen molar-refractivity contribution in [2.24, 2.45) is 5.10 Å². The summed E-state index contributed by atoms with van der Waals surface area (Å²) in [5.41, 5.74) is 1.70. The molecule has 0 N–H and O–H groups in total. The first-order valence-corrected chi connectivity index (χ1v) is 10.6. The second kappa shape index (κ2) is 9.42. The van der Waals surface area contributed by atoms with Gasteiger partial charge in [-0.1, -0.05) is 23.7 Å². The summed E-state index contributed by atoms with van der Waals surface area (Å²) < 4.78 is 15.7. The molecule has 10 heteroatoms. The van der Waals surface area contributed by atoms with Crippen molar-refractivity contribution in [3.8, 4) is 0 Å². The van der Waals surface area contributed by atoms with Gasteiger partial charge in [0.05, 0.1) is 18.6 Å². The van der Waals surface area contributed by atoms with Crippen LogP contribution in [0.25, 0.3) is 0 Å². The molecule has 0 radical (unpaired) electrons. The maximum atomic E-state index is 12.9. The highest BCUT2D eigenvalue weighted by molar-refractivity contribution is 7.09. The fourth-order valence-corrected chi connectivity index (χ4v) is 3.98. The van der Waals surface area contributed by atoms with Gasteiger partial charge in [0.2, 0.25) is 0 Å². The van der Waals surface area contributed by atoms with Crippen molar-refractivity contribution in [1.82, 2.24) is 9.99 Å². The molecule has 2 aromatic heterocycles. The quantitative estimate of drug-likeness (QED) is 0.494. The van der Waals surface area contributed by atoms with Crippen molar-refractivity contribution in [2.75, 3.05) is 13.7 Å². The second-order valence-electron chi connectivity index (χ2n) is 6.66. The van der Waals surface area contributed by atoms with Crippen molar-refractivity contribution in [2.45, 2.75) is 19.1 Å². The minimum atomic E-state index is -0.678. The van der Waals surface area contributed by atoms with Crippen LogP contribution in [-0.4, -0.2) is 41.3 Å². The monoisotopic (exact) mass is 459 g/mol. The third-order valence-corrected chi connectivity index (χ3v) is 5.64. The largest absolute Gasteiger partial charge is 0.467 e. The summed E-state index contributed by atoms with van der Waals surface area (Å²) in [5.74, 6) is -0.551. The van der Waals surface area contributed by atoms with E-state index in [1.165, 1.54) is 22.6 Å². The molecule has 1 unspecified atom stereocenters. The predicted molar refractivity (Wildman–Crippen MR) is 114 cm³/mol. The smallest absolute Gasteiger partial charge is 0.358 e. The number of methoxy groups -OCH3 is 1. The number of nitrogens with zero attached hydrogens (tertiary/aromatic N) is 3. The first kappa shape index (κ1) is 21.2. The van der Waals surface area contributed by atoms with E-state index in [2.05, 4.69) is 10.1 Å². The molecule has 1 aliphatic heterocycles. The van der Waals surface area contributed by atoms with Gasteiger partial charge in [0.1, 0.15) is 16.8 Å². The minimum Gasteiger partial charge on any atom is -0.467 e. The van der Waals surface area contributed by atoms with Gasteiger partial charge < -0.3 is 13.9 Å². The third-order valence-electron chi connectivity index (χ3n) is 4.57. The van der Waals surface area contributed by atoms with E-state index >= 15 is 0 Å². The van der Waals surface area contributed by atoms with Gasteiger partial charge in [0.15, 0.2) is 12.3 Å². The van der Waals surface area contributed by atoms with E-state index < -0.39 is 24.5 Å². The molecule has 0 saturated carbocycles. The summed E-state index contributed by atoms with van der Waals surface area (Å²) >= 11 is 7.25. The van der Waals surface area contributed by atoms with Crippen LogP contribution in [0, 0.1) is 0 Å². The van der Waals surface area contributed by atoms with E-state index in [4.69, 9.17) is 25.5 Å². The molecule has 3 aromatic rings. The normalized spacial score (nSPS) is 15.7. The average molecular weight is 460 g/mol. The molecular formula is C21H18ClN3O5S. The van der Waals surface area contributed by atoms with Gasteiger partial charge >= 0.3 is 5.97 Å². The molecule has 0 bridgehead atoms. The number of rotatable bonds is 7. The van der Waals surface area contributed by atoms with Crippen LogP contribution in [0.2, 0.25) is 5.02 Å². The Kier molecular flexibility index (Phi) is 6.45. The molecule has 0 saturated heterocycles. The fraction of sp³-hybridized carbons (Fsp3) is 0.238. The Hall–Kier alpha value is -3.01.